The number of thioether (sulfide) groups is 1. The molecule has 7 heteroatoms. The predicted octanol–water partition coefficient (Wildman–Crippen LogP) is 4.42. The summed E-state index contributed by atoms with van der Waals surface area (Å²) in [6.45, 7) is 5.56. The van der Waals surface area contributed by atoms with Gasteiger partial charge in [0.2, 0.25) is 0 Å². The van der Waals surface area contributed by atoms with Crippen molar-refractivity contribution in [3.8, 4) is 11.3 Å². The van der Waals surface area contributed by atoms with Crippen LogP contribution in [0, 0.1) is 0 Å². The van der Waals surface area contributed by atoms with E-state index >= 15 is 0 Å². The standard InChI is InChI=1S/C27H31N5OS/c1-30-15-17-32(18-16-30)26(33)23-11-9-21(10-12-23)20-34-27-28-24(22-7-3-2-4-8-22)19-25(29-27)31-13-5-6-14-31/h2-4,7-12,19H,5-6,13-18,20H2,1H3. The second-order valence-electron chi connectivity index (χ2n) is 9.04. The molecule has 0 N–H and O–H groups in total. The van der Waals surface area contributed by atoms with Gasteiger partial charge >= 0.3 is 0 Å². The summed E-state index contributed by atoms with van der Waals surface area (Å²) < 4.78 is 0. The van der Waals surface area contributed by atoms with Crippen LogP contribution in [0.15, 0.2) is 65.8 Å². The van der Waals surface area contributed by atoms with E-state index in [1.165, 1.54) is 12.8 Å². The fourth-order valence-corrected chi connectivity index (χ4v) is 5.24. The lowest BCUT2D eigenvalue weighted by Gasteiger charge is -2.32. The average Bonchev–Trinajstić information content (AvgIpc) is 3.44. The van der Waals surface area contributed by atoms with Crippen molar-refractivity contribution in [2.45, 2.75) is 23.8 Å². The van der Waals surface area contributed by atoms with E-state index in [2.05, 4.69) is 47.2 Å². The van der Waals surface area contributed by atoms with Crippen LogP contribution in [-0.4, -0.2) is 72.0 Å². The molecule has 0 radical (unpaired) electrons. The van der Waals surface area contributed by atoms with E-state index in [0.717, 1.165) is 78.4 Å². The molecular formula is C27H31N5OS. The molecule has 34 heavy (non-hydrogen) atoms. The molecule has 5 rings (SSSR count). The van der Waals surface area contributed by atoms with Crippen molar-refractivity contribution < 1.29 is 4.79 Å². The van der Waals surface area contributed by atoms with Crippen molar-refractivity contribution in [1.82, 2.24) is 19.8 Å². The number of carbonyl (C=O) groups is 1. The minimum absolute atomic E-state index is 0.126. The van der Waals surface area contributed by atoms with Crippen molar-refractivity contribution in [2.75, 3.05) is 51.2 Å². The molecule has 1 amide bonds. The first kappa shape index (κ1) is 22.9. The maximum absolute atomic E-state index is 12.8. The number of anilines is 1. The number of benzene rings is 2. The molecule has 3 aromatic rings. The predicted molar refractivity (Wildman–Crippen MR) is 138 cm³/mol. The Hall–Kier alpha value is -2.90. The highest BCUT2D eigenvalue weighted by atomic mass is 32.2. The fourth-order valence-electron chi connectivity index (χ4n) is 4.43. The van der Waals surface area contributed by atoms with Crippen LogP contribution in [0.2, 0.25) is 0 Å². The number of aromatic nitrogens is 2. The maximum Gasteiger partial charge on any atom is 0.253 e. The number of likely N-dealkylation sites (N-methyl/N-ethyl adjacent to an activating group) is 1. The summed E-state index contributed by atoms with van der Waals surface area (Å²) in [6, 6.07) is 20.4. The van der Waals surface area contributed by atoms with Gasteiger partial charge in [-0.05, 0) is 37.6 Å². The number of rotatable bonds is 6. The number of hydrogen-bond donors (Lipinski definition) is 0. The van der Waals surface area contributed by atoms with Crippen LogP contribution in [0.3, 0.4) is 0 Å². The fraction of sp³-hybridized carbons (Fsp3) is 0.370. The molecule has 2 aliphatic heterocycles. The highest BCUT2D eigenvalue weighted by molar-refractivity contribution is 7.98. The minimum atomic E-state index is 0.126. The molecule has 6 nitrogen and oxygen atoms in total. The van der Waals surface area contributed by atoms with Crippen LogP contribution in [-0.2, 0) is 5.75 Å². The Morgan fingerprint density at radius 1 is 0.882 bits per heavy atom. The van der Waals surface area contributed by atoms with E-state index in [4.69, 9.17) is 9.97 Å². The van der Waals surface area contributed by atoms with Crippen LogP contribution >= 0.6 is 11.8 Å². The van der Waals surface area contributed by atoms with Crippen LogP contribution in [0.4, 0.5) is 5.82 Å². The number of amides is 1. The lowest BCUT2D eigenvalue weighted by Crippen LogP contribution is -2.47. The molecule has 1 aromatic heterocycles. The van der Waals surface area contributed by atoms with Gasteiger partial charge in [0, 0.05) is 62.2 Å². The van der Waals surface area contributed by atoms with Gasteiger partial charge in [-0.2, -0.15) is 0 Å². The molecule has 3 heterocycles. The Balaban J connectivity index is 1.28. The average molecular weight is 474 g/mol. The maximum atomic E-state index is 12.8. The summed E-state index contributed by atoms with van der Waals surface area (Å²) in [5.74, 6) is 1.91. The zero-order valence-electron chi connectivity index (χ0n) is 19.7. The summed E-state index contributed by atoms with van der Waals surface area (Å²) in [7, 11) is 2.10. The first-order valence-electron chi connectivity index (χ1n) is 12.0. The zero-order chi connectivity index (χ0) is 23.3. The molecule has 2 aliphatic rings. The molecule has 2 saturated heterocycles. The second-order valence-corrected chi connectivity index (χ2v) is 9.98. The third kappa shape index (κ3) is 5.42. The van der Waals surface area contributed by atoms with Gasteiger partial charge in [0.25, 0.3) is 5.91 Å². The Morgan fingerprint density at radius 2 is 1.59 bits per heavy atom. The second kappa shape index (κ2) is 10.6. The number of nitrogens with zero attached hydrogens (tertiary/aromatic N) is 5. The molecular weight excluding hydrogens is 442 g/mol. The Bertz CT molecular complexity index is 1110. The summed E-state index contributed by atoms with van der Waals surface area (Å²) >= 11 is 1.65. The third-order valence-corrected chi connectivity index (χ3v) is 7.47. The smallest absolute Gasteiger partial charge is 0.253 e. The van der Waals surface area contributed by atoms with Crippen LogP contribution in [0.1, 0.15) is 28.8 Å². The normalized spacial score (nSPS) is 16.7. The molecule has 0 saturated carbocycles. The summed E-state index contributed by atoms with van der Waals surface area (Å²) in [5, 5.41) is 0.792. The van der Waals surface area contributed by atoms with E-state index in [1.807, 2.05) is 35.2 Å². The van der Waals surface area contributed by atoms with Crippen molar-refractivity contribution in [2.24, 2.45) is 0 Å². The molecule has 0 spiro atoms. The monoisotopic (exact) mass is 473 g/mol. The van der Waals surface area contributed by atoms with Crippen molar-refractivity contribution >= 4 is 23.5 Å². The quantitative estimate of drug-likeness (QED) is 0.390. The Kier molecular flexibility index (Phi) is 7.11. The Morgan fingerprint density at radius 3 is 2.29 bits per heavy atom. The highest BCUT2D eigenvalue weighted by Crippen LogP contribution is 2.29. The van der Waals surface area contributed by atoms with Gasteiger partial charge in [-0.15, -0.1) is 0 Å². The van der Waals surface area contributed by atoms with Gasteiger partial charge in [-0.3, -0.25) is 4.79 Å². The minimum Gasteiger partial charge on any atom is -0.356 e. The highest BCUT2D eigenvalue weighted by Gasteiger charge is 2.20. The number of piperazine rings is 1. The lowest BCUT2D eigenvalue weighted by atomic mass is 10.1. The third-order valence-electron chi connectivity index (χ3n) is 6.55. The van der Waals surface area contributed by atoms with Crippen LogP contribution in [0.5, 0.6) is 0 Å². The summed E-state index contributed by atoms with van der Waals surface area (Å²) in [4.78, 5) is 29.1. The van der Waals surface area contributed by atoms with Gasteiger partial charge in [0.05, 0.1) is 5.69 Å². The van der Waals surface area contributed by atoms with Crippen molar-refractivity contribution in [1.29, 1.82) is 0 Å². The van der Waals surface area contributed by atoms with Crippen LogP contribution in [0.25, 0.3) is 11.3 Å². The molecule has 2 aromatic carbocycles. The number of carbonyl (C=O) groups excluding carboxylic acids is 1. The first-order valence-corrected chi connectivity index (χ1v) is 13.0. The van der Waals surface area contributed by atoms with Gasteiger partial charge < -0.3 is 14.7 Å². The van der Waals surface area contributed by atoms with Crippen molar-refractivity contribution in [3.05, 3.63) is 71.8 Å². The van der Waals surface area contributed by atoms with E-state index in [-0.39, 0.29) is 5.91 Å². The van der Waals surface area contributed by atoms with Gasteiger partial charge in [-0.25, -0.2) is 9.97 Å². The van der Waals surface area contributed by atoms with E-state index in [1.54, 1.807) is 11.8 Å². The van der Waals surface area contributed by atoms with Gasteiger partial charge in [0.1, 0.15) is 5.82 Å². The summed E-state index contributed by atoms with van der Waals surface area (Å²) in [5.41, 5.74) is 4.00. The molecule has 0 aliphatic carbocycles. The molecule has 176 valence electrons. The topological polar surface area (TPSA) is 52.6 Å². The largest absolute Gasteiger partial charge is 0.356 e. The first-order chi connectivity index (χ1) is 16.7. The SMILES string of the molecule is CN1CCN(C(=O)c2ccc(CSc3nc(-c4ccccc4)cc(N4CCCC4)n3)cc2)CC1. The lowest BCUT2D eigenvalue weighted by molar-refractivity contribution is 0.0664. The van der Waals surface area contributed by atoms with Gasteiger partial charge in [-0.1, -0.05) is 54.2 Å². The van der Waals surface area contributed by atoms with E-state index in [0.29, 0.717) is 0 Å². The number of hydrogen-bond acceptors (Lipinski definition) is 6. The summed E-state index contributed by atoms with van der Waals surface area (Å²) in [6.07, 6.45) is 2.43. The van der Waals surface area contributed by atoms with E-state index in [9.17, 15) is 4.79 Å². The van der Waals surface area contributed by atoms with Crippen molar-refractivity contribution in [3.63, 3.8) is 0 Å². The zero-order valence-corrected chi connectivity index (χ0v) is 20.5. The molecule has 0 bridgehead atoms. The Labute approximate surface area is 206 Å². The van der Waals surface area contributed by atoms with Gasteiger partial charge in [0.15, 0.2) is 5.16 Å². The van der Waals surface area contributed by atoms with Crippen LogP contribution < -0.4 is 4.90 Å². The molecule has 2 fully saturated rings. The molecule has 0 atom stereocenters. The van der Waals surface area contributed by atoms with E-state index < -0.39 is 0 Å². The molecule has 0 unspecified atom stereocenters.